The summed E-state index contributed by atoms with van der Waals surface area (Å²) in [5.41, 5.74) is 2.48. The standard InChI is InChI=1S/C18H27N3O2.2ClH/c1-14-17(19-8-11-23-14)18(22)20-12-15-4-6-16(7-5-15)13-21-9-2-3-10-21;;/h4-7,14,17,19H,2-3,8-13H2,1H3,(H,20,22);2*1H/t14-,17+;;/m1../s1. The molecule has 0 spiro atoms. The van der Waals surface area contributed by atoms with E-state index in [0.29, 0.717) is 13.2 Å². The Balaban J connectivity index is 0.00000156. The summed E-state index contributed by atoms with van der Waals surface area (Å²) in [6.45, 7) is 7.36. The monoisotopic (exact) mass is 389 g/mol. The Bertz CT molecular complexity index is 522. The predicted molar refractivity (Wildman–Crippen MR) is 105 cm³/mol. The quantitative estimate of drug-likeness (QED) is 0.809. The molecule has 2 fully saturated rings. The molecule has 2 atom stereocenters. The number of hydrogen-bond acceptors (Lipinski definition) is 4. The van der Waals surface area contributed by atoms with E-state index in [0.717, 1.165) is 18.7 Å². The average molecular weight is 390 g/mol. The van der Waals surface area contributed by atoms with Gasteiger partial charge >= 0.3 is 0 Å². The van der Waals surface area contributed by atoms with Crippen LogP contribution in [-0.2, 0) is 22.6 Å². The van der Waals surface area contributed by atoms with Crippen molar-refractivity contribution in [3.63, 3.8) is 0 Å². The lowest BCUT2D eigenvalue weighted by Gasteiger charge is -2.29. The molecular weight excluding hydrogens is 361 g/mol. The molecule has 2 heterocycles. The summed E-state index contributed by atoms with van der Waals surface area (Å²) in [6.07, 6.45) is 2.56. The van der Waals surface area contributed by atoms with E-state index < -0.39 is 0 Å². The Morgan fingerprint density at radius 1 is 1.20 bits per heavy atom. The first kappa shape index (κ1) is 22.2. The minimum absolute atomic E-state index is 0. The van der Waals surface area contributed by atoms with Crippen molar-refractivity contribution in [3.05, 3.63) is 35.4 Å². The Morgan fingerprint density at radius 2 is 1.84 bits per heavy atom. The smallest absolute Gasteiger partial charge is 0.240 e. The van der Waals surface area contributed by atoms with Crippen LogP contribution in [0.4, 0.5) is 0 Å². The van der Waals surface area contributed by atoms with Gasteiger partial charge in [-0.3, -0.25) is 9.69 Å². The molecule has 2 saturated heterocycles. The number of likely N-dealkylation sites (tertiary alicyclic amines) is 1. The van der Waals surface area contributed by atoms with Crippen molar-refractivity contribution in [2.75, 3.05) is 26.2 Å². The van der Waals surface area contributed by atoms with Gasteiger partial charge in [-0.15, -0.1) is 24.8 Å². The second kappa shape index (κ2) is 11.0. The van der Waals surface area contributed by atoms with Crippen LogP contribution in [-0.4, -0.2) is 49.2 Å². The molecule has 7 heteroatoms. The van der Waals surface area contributed by atoms with E-state index >= 15 is 0 Å². The number of carbonyl (C=O) groups excluding carboxylic acids is 1. The molecule has 2 aliphatic rings. The average Bonchev–Trinajstić information content (AvgIpc) is 3.07. The molecule has 2 aliphatic heterocycles. The number of benzene rings is 1. The van der Waals surface area contributed by atoms with E-state index in [1.807, 2.05) is 6.92 Å². The van der Waals surface area contributed by atoms with Gasteiger partial charge in [0.15, 0.2) is 0 Å². The molecule has 2 N–H and O–H groups in total. The highest BCUT2D eigenvalue weighted by Crippen LogP contribution is 2.13. The van der Waals surface area contributed by atoms with Gasteiger partial charge in [0.05, 0.1) is 12.7 Å². The van der Waals surface area contributed by atoms with Crippen LogP contribution in [0.5, 0.6) is 0 Å². The first-order valence-corrected chi connectivity index (χ1v) is 8.65. The van der Waals surface area contributed by atoms with Crippen molar-refractivity contribution in [1.29, 1.82) is 0 Å². The van der Waals surface area contributed by atoms with Crippen molar-refractivity contribution in [2.24, 2.45) is 0 Å². The zero-order valence-electron chi connectivity index (χ0n) is 14.7. The van der Waals surface area contributed by atoms with Crippen LogP contribution >= 0.6 is 24.8 Å². The van der Waals surface area contributed by atoms with Gasteiger partial charge in [-0.2, -0.15) is 0 Å². The van der Waals surface area contributed by atoms with Gasteiger partial charge in [-0.1, -0.05) is 24.3 Å². The molecule has 1 aromatic carbocycles. The van der Waals surface area contributed by atoms with Crippen molar-refractivity contribution < 1.29 is 9.53 Å². The zero-order chi connectivity index (χ0) is 16.1. The summed E-state index contributed by atoms with van der Waals surface area (Å²) in [6, 6.07) is 8.31. The summed E-state index contributed by atoms with van der Waals surface area (Å²) >= 11 is 0. The van der Waals surface area contributed by atoms with Crippen LogP contribution in [0.3, 0.4) is 0 Å². The Morgan fingerprint density at radius 3 is 2.48 bits per heavy atom. The maximum Gasteiger partial charge on any atom is 0.240 e. The van der Waals surface area contributed by atoms with E-state index in [4.69, 9.17) is 4.74 Å². The van der Waals surface area contributed by atoms with Crippen molar-refractivity contribution in [1.82, 2.24) is 15.5 Å². The summed E-state index contributed by atoms with van der Waals surface area (Å²) < 4.78 is 5.51. The number of ether oxygens (including phenoxy) is 1. The second-order valence-electron chi connectivity index (χ2n) is 6.53. The first-order chi connectivity index (χ1) is 11.2. The fourth-order valence-corrected chi connectivity index (χ4v) is 3.29. The number of hydrogen-bond donors (Lipinski definition) is 2. The van der Waals surface area contributed by atoms with Gasteiger partial charge < -0.3 is 15.4 Å². The molecule has 0 radical (unpaired) electrons. The third-order valence-corrected chi connectivity index (χ3v) is 4.69. The van der Waals surface area contributed by atoms with Crippen molar-refractivity contribution >= 4 is 30.7 Å². The van der Waals surface area contributed by atoms with Crippen LogP contribution in [0.1, 0.15) is 30.9 Å². The topological polar surface area (TPSA) is 53.6 Å². The fraction of sp³-hybridized carbons (Fsp3) is 0.611. The van der Waals surface area contributed by atoms with Gasteiger partial charge in [0.1, 0.15) is 6.04 Å². The van der Waals surface area contributed by atoms with E-state index in [-0.39, 0.29) is 42.9 Å². The van der Waals surface area contributed by atoms with Crippen molar-refractivity contribution in [2.45, 2.75) is 45.0 Å². The molecular formula is C18H29Cl2N3O2. The second-order valence-corrected chi connectivity index (χ2v) is 6.53. The van der Waals surface area contributed by atoms with Gasteiger partial charge in [0, 0.05) is 19.6 Å². The van der Waals surface area contributed by atoms with Crippen LogP contribution in [0, 0.1) is 0 Å². The first-order valence-electron chi connectivity index (χ1n) is 8.65. The lowest BCUT2D eigenvalue weighted by Crippen LogP contribution is -2.55. The SMILES string of the molecule is C[C@H]1OCCN[C@@H]1C(=O)NCc1ccc(CN2CCCC2)cc1.Cl.Cl. The number of nitrogens with zero attached hydrogens (tertiary/aromatic N) is 1. The summed E-state index contributed by atoms with van der Waals surface area (Å²) in [7, 11) is 0. The van der Waals surface area contributed by atoms with E-state index in [9.17, 15) is 4.79 Å². The Labute approximate surface area is 162 Å². The van der Waals surface area contributed by atoms with Gasteiger partial charge in [0.2, 0.25) is 5.91 Å². The maximum atomic E-state index is 12.2. The van der Waals surface area contributed by atoms with Crippen LogP contribution in [0.25, 0.3) is 0 Å². The third kappa shape index (κ3) is 6.42. The number of halogens is 2. The number of carbonyl (C=O) groups is 1. The lowest BCUT2D eigenvalue weighted by molar-refractivity contribution is -0.129. The molecule has 1 amide bonds. The molecule has 0 aromatic heterocycles. The van der Waals surface area contributed by atoms with Crippen LogP contribution in [0.15, 0.2) is 24.3 Å². The number of morpholine rings is 1. The molecule has 0 bridgehead atoms. The van der Waals surface area contributed by atoms with Crippen LogP contribution in [0.2, 0.25) is 0 Å². The highest BCUT2D eigenvalue weighted by molar-refractivity contribution is 5.85. The number of rotatable bonds is 5. The van der Waals surface area contributed by atoms with Gasteiger partial charge in [0.25, 0.3) is 0 Å². The molecule has 25 heavy (non-hydrogen) atoms. The van der Waals surface area contributed by atoms with E-state index in [2.05, 4.69) is 39.8 Å². The fourth-order valence-electron chi connectivity index (χ4n) is 3.29. The summed E-state index contributed by atoms with van der Waals surface area (Å²) in [5, 5.41) is 6.21. The van der Waals surface area contributed by atoms with Crippen molar-refractivity contribution in [3.8, 4) is 0 Å². The molecule has 5 nitrogen and oxygen atoms in total. The summed E-state index contributed by atoms with van der Waals surface area (Å²) in [4.78, 5) is 14.7. The molecule has 1 aromatic rings. The van der Waals surface area contributed by atoms with Crippen LogP contribution < -0.4 is 10.6 Å². The number of nitrogens with one attached hydrogen (secondary N) is 2. The highest BCUT2D eigenvalue weighted by atomic mass is 35.5. The molecule has 142 valence electrons. The number of amides is 1. The van der Waals surface area contributed by atoms with Gasteiger partial charge in [-0.05, 0) is 44.0 Å². The minimum Gasteiger partial charge on any atom is -0.375 e. The van der Waals surface area contributed by atoms with E-state index in [1.54, 1.807) is 0 Å². The van der Waals surface area contributed by atoms with E-state index in [1.165, 1.54) is 31.5 Å². The molecule has 0 saturated carbocycles. The summed E-state index contributed by atoms with van der Waals surface area (Å²) in [5.74, 6) is 0.0124. The normalized spacial score (nSPS) is 23.4. The maximum absolute atomic E-state index is 12.2. The highest BCUT2D eigenvalue weighted by Gasteiger charge is 2.27. The molecule has 0 unspecified atom stereocenters. The third-order valence-electron chi connectivity index (χ3n) is 4.69. The Hall–Kier alpha value is -0.850. The molecule has 3 rings (SSSR count). The minimum atomic E-state index is -0.252. The molecule has 0 aliphatic carbocycles. The van der Waals surface area contributed by atoms with Gasteiger partial charge in [-0.25, -0.2) is 0 Å². The largest absolute Gasteiger partial charge is 0.375 e. The Kier molecular flexibility index (Phi) is 9.75. The predicted octanol–water partition coefficient (Wildman–Crippen LogP) is 2.12. The zero-order valence-corrected chi connectivity index (χ0v) is 16.3. The lowest BCUT2D eigenvalue weighted by atomic mass is 10.1.